The Morgan fingerprint density at radius 1 is 0.622 bits per heavy atom. The predicted octanol–water partition coefficient (Wildman–Crippen LogP) is -3.01. The van der Waals surface area contributed by atoms with Crippen molar-refractivity contribution in [1.82, 2.24) is 0 Å². The molecule has 8 fully saturated rings. The Morgan fingerprint density at radius 3 is 1.80 bits per heavy atom. The van der Waals surface area contributed by atoms with Gasteiger partial charge in [0.25, 0.3) is 0 Å². The summed E-state index contributed by atoms with van der Waals surface area (Å²) < 4.78 is 54.8. The Kier molecular flexibility index (Phi) is 17.4. The largest absolute Gasteiger partial charge is 0.396 e. The average molecular weight is 1070 g/mol. The monoisotopic (exact) mass is 1060 g/mol. The van der Waals surface area contributed by atoms with Crippen LogP contribution in [-0.4, -0.2) is 239 Å². The fourth-order valence-electron chi connectivity index (χ4n) is 15.1. The van der Waals surface area contributed by atoms with Gasteiger partial charge in [0.15, 0.2) is 30.9 Å². The second-order valence-electron chi connectivity index (χ2n) is 23.8. The maximum Gasteiger partial charge on any atom is 0.187 e. The highest BCUT2D eigenvalue weighted by Crippen LogP contribution is 2.70. The minimum Gasteiger partial charge on any atom is -0.396 e. The van der Waals surface area contributed by atoms with E-state index in [0.29, 0.717) is 43.4 Å². The van der Waals surface area contributed by atoms with Crippen molar-refractivity contribution in [3.63, 3.8) is 0 Å². The second-order valence-corrected chi connectivity index (χ2v) is 23.8. The summed E-state index contributed by atoms with van der Waals surface area (Å²) in [6, 6.07) is 0. The van der Waals surface area contributed by atoms with Crippen molar-refractivity contribution in [2.24, 2.45) is 46.3 Å². The van der Waals surface area contributed by atoms with E-state index in [1.165, 1.54) is 12.5 Å². The zero-order valence-electron chi connectivity index (χ0n) is 42.9. The van der Waals surface area contributed by atoms with Crippen molar-refractivity contribution in [3.05, 3.63) is 11.6 Å². The van der Waals surface area contributed by atoms with Gasteiger partial charge in [-0.3, -0.25) is 0 Å². The van der Waals surface area contributed by atoms with E-state index in [2.05, 4.69) is 26.8 Å². The van der Waals surface area contributed by atoms with Gasteiger partial charge in [-0.25, -0.2) is 0 Å². The summed E-state index contributed by atoms with van der Waals surface area (Å²) in [6.45, 7) is 8.06. The fraction of sp³-hybridized carbons (Fsp3) is 0.961. The van der Waals surface area contributed by atoms with Gasteiger partial charge in [-0.2, -0.15) is 0 Å². The van der Waals surface area contributed by atoms with E-state index < -0.39 is 155 Å². The number of aliphatic hydroxyl groups excluding tert-OH is 13. The molecule has 9 rings (SSSR count). The molecule has 23 heteroatoms. The Hall–Kier alpha value is -1.18. The lowest BCUT2D eigenvalue weighted by atomic mass is 9.47. The molecular weight excluding hydrogens is 981 g/mol. The Balaban J connectivity index is 0.917. The Morgan fingerprint density at radius 2 is 1.19 bits per heavy atom. The molecule has 0 radical (unpaired) electrons. The molecule has 0 aromatic heterocycles. The third-order valence-electron chi connectivity index (χ3n) is 19.5. The number of hydrogen-bond donors (Lipinski definition) is 14. The number of fused-ring (bicyclic) bond motifs is 7. The third kappa shape index (κ3) is 10.1. The van der Waals surface area contributed by atoms with Crippen LogP contribution in [0.5, 0.6) is 0 Å². The molecule has 0 amide bonds. The van der Waals surface area contributed by atoms with E-state index in [0.717, 1.165) is 32.1 Å². The second kappa shape index (κ2) is 22.4. The molecule has 23 nitrogen and oxygen atoms in total. The van der Waals surface area contributed by atoms with E-state index >= 15 is 0 Å². The molecule has 426 valence electrons. The molecule has 3 unspecified atom stereocenters. The van der Waals surface area contributed by atoms with Gasteiger partial charge >= 0.3 is 0 Å². The van der Waals surface area contributed by atoms with Gasteiger partial charge in [-0.15, -0.1) is 0 Å². The van der Waals surface area contributed by atoms with E-state index in [1.807, 2.05) is 6.92 Å². The van der Waals surface area contributed by atoms with Gasteiger partial charge in [0.1, 0.15) is 91.6 Å². The normalized spacial score (nSPS) is 54.9. The van der Waals surface area contributed by atoms with Gasteiger partial charge < -0.3 is 114 Å². The van der Waals surface area contributed by atoms with Crippen molar-refractivity contribution in [3.8, 4) is 0 Å². The van der Waals surface area contributed by atoms with E-state index in [-0.39, 0.29) is 41.3 Å². The summed E-state index contributed by atoms with van der Waals surface area (Å²) in [5.41, 5.74) is 1.07. The molecule has 4 aliphatic carbocycles. The maximum absolute atomic E-state index is 12.2. The van der Waals surface area contributed by atoms with Crippen LogP contribution in [0.4, 0.5) is 0 Å². The summed E-state index contributed by atoms with van der Waals surface area (Å²) in [5.74, 6) is 0.224. The standard InChI is InChI=1S/C51H84O23/c1-20(16-52)8-13-51(65)21(2)32-28(74-51)15-27-25-7-6-23-14-24(9-11-49(23,4)26(25)10-12-50(27,32)5)67-48-44(41(64)43(31(19-55)70-48)72-47-39(62)36(59)34(57)30(18-54)69-47)73-45-40(63)37(60)42(22(3)66-45)71-46-38(61)35(58)33(56)29(17-53)68-46/h6,20-22,24-48,52-65H,7-19H2,1-5H3/t20?,21-,22+,24-,25+,26-,27-,28-,29+,30+,31+,32-,33+,34+,35-,36-,37+,38+,39+,40-,41-,42+,43+,44+,45-,46?,47-,48+,49-,50-,51?/m0/s1. The van der Waals surface area contributed by atoms with Crippen LogP contribution < -0.4 is 0 Å². The van der Waals surface area contributed by atoms with E-state index in [9.17, 15) is 71.5 Å². The molecule has 5 saturated heterocycles. The van der Waals surface area contributed by atoms with Gasteiger partial charge in [-0.05, 0) is 98.7 Å². The Bertz CT molecular complexity index is 1920. The highest BCUT2D eigenvalue weighted by molar-refractivity contribution is 5.26. The summed E-state index contributed by atoms with van der Waals surface area (Å²) in [5, 5.41) is 150. The molecule has 0 spiro atoms. The van der Waals surface area contributed by atoms with Crippen molar-refractivity contribution in [2.75, 3.05) is 26.4 Å². The Labute approximate surface area is 430 Å². The number of allylic oxidation sites excluding steroid dienone is 1. The molecule has 5 aliphatic heterocycles. The zero-order chi connectivity index (χ0) is 53.5. The van der Waals surface area contributed by atoms with Crippen LogP contribution in [-0.2, 0) is 42.6 Å². The SMILES string of the molecule is CC(CO)CCC1(O)O[C@H]2C[C@H]3[C@@H]4CC=C5C[C@@H](O[C@@H]6O[C@H](CO)[C@@H](O[C@@H]7O[C@H](CO)[C@@H](O)[C@H](O)[C@H]7O)[C@H](O)[C@H]6O[C@@H]6O[C@H](C)[C@@H](OC7O[C@H](CO)[C@@H](O)[C@H](O)[C@H]7O)[C@H](O)[C@@H]6O)CC[C@]5(C)[C@H]4CC[C@]3(C)[C@H]2[C@@H]1C. The fourth-order valence-corrected chi connectivity index (χ4v) is 15.1. The van der Waals surface area contributed by atoms with E-state index in [1.54, 1.807) is 0 Å². The molecule has 9 aliphatic rings. The average Bonchev–Trinajstić information content (AvgIpc) is 3.82. The van der Waals surface area contributed by atoms with Crippen LogP contribution in [0.15, 0.2) is 11.6 Å². The lowest BCUT2D eigenvalue weighted by molar-refractivity contribution is -0.396. The molecule has 74 heavy (non-hydrogen) atoms. The number of rotatable bonds is 15. The highest BCUT2D eigenvalue weighted by atomic mass is 16.8. The molecule has 14 N–H and O–H groups in total. The molecule has 0 aromatic carbocycles. The zero-order valence-corrected chi connectivity index (χ0v) is 42.9. The first-order valence-corrected chi connectivity index (χ1v) is 26.9. The highest BCUT2D eigenvalue weighted by Gasteiger charge is 2.68. The lowest BCUT2D eigenvalue weighted by Gasteiger charge is -2.58. The first-order chi connectivity index (χ1) is 35.0. The lowest BCUT2D eigenvalue weighted by Crippen LogP contribution is -2.67. The summed E-state index contributed by atoms with van der Waals surface area (Å²) >= 11 is 0. The number of ether oxygens (including phenoxy) is 9. The maximum atomic E-state index is 12.2. The third-order valence-corrected chi connectivity index (χ3v) is 19.5. The van der Waals surface area contributed by atoms with Crippen molar-refractivity contribution >= 4 is 0 Å². The first kappa shape index (κ1) is 57.5. The van der Waals surface area contributed by atoms with Crippen molar-refractivity contribution in [1.29, 1.82) is 0 Å². The summed E-state index contributed by atoms with van der Waals surface area (Å²) in [6.07, 6.45) is -24.5. The molecule has 5 heterocycles. The predicted molar refractivity (Wildman–Crippen MR) is 250 cm³/mol. The number of aliphatic hydroxyl groups is 14. The van der Waals surface area contributed by atoms with Crippen molar-refractivity contribution in [2.45, 2.75) is 233 Å². The molecule has 3 saturated carbocycles. The van der Waals surface area contributed by atoms with Crippen molar-refractivity contribution < 1.29 is 114 Å². The topological polar surface area (TPSA) is 366 Å². The van der Waals surface area contributed by atoms with Crippen LogP contribution >= 0.6 is 0 Å². The molecular formula is C51H84O23. The summed E-state index contributed by atoms with van der Waals surface area (Å²) in [7, 11) is 0. The van der Waals surface area contributed by atoms with Gasteiger partial charge in [0.2, 0.25) is 0 Å². The minimum absolute atomic E-state index is 0.0101. The molecule has 0 bridgehead atoms. The van der Waals surface area contributed by atoms with Crippen LogP contribution in [0.2, 0.25) is 0 Å². The summed E-state index contributed by atoms with van der Waals surface area (Å²) in [4.78, 5) is 0. The van der Waals surface area contributed by atoms with E-state index in [4.69, 9.17) is 42.6 Å². The number of hydrogen-bond acceptors (Lipinski definition) is 23. The first-order valence-electron chi connectivity index (χ1n) is 26.9. The van der Waals surface area contributed by atoms with Crippen LogP contribution in [0.3, 0.4) is 0 Å². The minimum atomic E-state index is -1.94. The van der Waals surface area contributed by atoms with Crippen LogP contribution in [0.1, 0.15) is 92.4 Å². The van der Waals surface area contributed by atoms with Gasteiger partial charge in [0, 0.05) is 18.9 Å². The van der Waals surface area contributed by atoms with Gasteiger partial charge in [-0.1, -0.05) is 39.3 Å². The van der Waals surface area contributed by atoms with Gasteiger partial charge in [0.05, 0.1) is 38.1 Å². The smallest absolute Gasteiger partial charge is 0.187 e. The molecule has 0 aromatic rings. The molecule has 31 atom stereocenters. The quantitative estimate of drug-likeness (QED) is 0.0727. The van der Waals surface area contributed by atoms with Crippen LogP contribution in [0, 0.1) is 46.3 Å². The van der Waals surface area contributed by atoms with Crippen LogP contribution in [0.25, 0.3) is 0 Å².